The molecule has 3 aromatic heterocycles. The smallest absolute Gasteiger partial charge is 0.416 e. The maximum Gasteiger partial charge on any atom is 0.416 e. The summed E-state index contributed by atoms with van der Waals surface area (Å²) in [6.07, 6.45) is 7.59. The maximum absolute atomic E-state index is 13.3. The molecule has 1 fully saturated rings. The molecule has 0 radical (unpaired) electrons. The first-order valence-corrected chi connectivity index (χ1v) is 11.4. The Morgan fingerprint density at radius 3 is 2.52 bits per heavy atom. The molecule has 4 aromatic rings. The van der Waals surface area contributed by atoms with E-state index in [1.165, 1.54) is 0 Å². The first kappa shape index (κ1) is 21.5. The van der Waals surface area contributed by atoms with Crippen molar-refractivity contribution in [1.82, 2.24) is 19.2 Å². The van der Waals surface area contributed by atoms with Crippen molar-refractivity contribution in [2.24, 2.45) is 0 Å². The lowest BCUT2D eigenvalue weighted by molar-refractivity contribution is 0.0575. The van der Waals surface area contributed by atoms with E-state index in [-0.39, 0.29) is 0 Å². The molecule has 0 saturated heterocycles. The monoisotopic (exact) mass is 463 g/mol. The Morgan fingerprint density at radius 1 is 1.18 bits per heavy atom. The number of halogens is 1. The highest BCUT2D eigenvalue weighted by atomic mass is 35.5. The zero-order valence-electron chi connectivity index (χ0n) is 18.9. The number of rotatable bonds is 5. The highest BCUT2D eigenvalue weighted by Gasteiger charge is 2.31. The SMILES string of the molecule is CC(C)(C)OC(=O)N(Cc1ccc(-n2cccc2)cc1)c1cc(Cl)nc2c(C3CC3)cnn12. The van der Waals surface area contributed by atoms with Gasteiger partial charge in [0, 0.05) is 29.7 Å². The molecule has 0 atom stereocenters. The summed E-state index contributed by atoms with van der Waals surface area (Å²) < 4.78 is 9.47. The average Bonchev–Trinajstić information content (AvgIpc) is 3.28. The molecule has 1 saturated carbocycles. The van der Waals surface area contributed by atoms with E-state index in [0.29, 0.717) is 29.1 Å². The number of carbonyl (C=O) groups excluding carboxylic acids is 1. The fourth-order valence-electron chi connectivity index (χ4n) is 3.83. The van der Waals surface area contributed by atoms with Crippen molar-refractivity contribution in [2.75, 3.05) is 4.90 Å². The summed E-state index contributed by atoms with van der Waals surface area (Å²) in [4.78, 5) is 19.4. The molecule has 5 rings (SSSR count). The van der Waals surface area contributed by atoms with Crippen molar-refractivity contribution in [1.29, 1.82) is 0 Å². The van der Waals surface area contributed by atoms with E-state index in [4.69, 9.17) is 16.3 Å². The summed E-state index contributed by atoms with van der Waals surface area (Å²) in [5.41, 5.74) is 3.11. The van der Waals surface area contributed by atoms with E-state index in [2.05, 4.69) is 10.1 Å². The van der Waals surface area contributed by atoms with E-state index >= 15 is 0 Å². The number of nitrogens with zero attached hydrogens (tertiary/aromatic N) is 5. The minimum atomic E-state index is -0.646. The van der Waals surface area contributed by atoms with Gasteiger partial charge in [0.1, 0.15) is 16.6 Å². The lowest BCUT2D eigenvalue weighted by Gasteiger charge is -2.27. The molecule has 170 valence electrons. The Labute approximate surface area is 197 Å². The first-order valence-electron chi connectivity index (χ1n) is 11.1. The van der Waals surface area contributed by atoms with E-state index in [0.717, 1.165) is 29.7 Å². The van der Waals surface area contributed by atoms with Gasteiger partial charge in [-0.2, -0.15) is 9.61 Å². The standard InChI is InChI=1S/C25H26ClN5O2/c1-25(2,3)33-24(32)30(16-17-6-10-19(11-7-17)29-12-4-5-13-29)22-14-21(26)28-23-20(18-8-9-18)15-27-31(22)23/h4-7,10-15,18H,8-9,16H2,1-3H3. The van der Waals surface area contributed by atoms with E-state index in [1.54, 1.807) is 15.5 Å². The molecule has 1 aliphatic rings. The number of benzene rings is 1. The summed E-state index contributed by atoms with van der Waals surface area (Å²) in [6, 6.07) is 13.7. The molecular formula is C25H26ClN5O2. The second kappa shape index (κ2) is 8.23. The van der Waals surface area contributed by atoms with Gasteiger partial charge in [-0.15, -0.1) is 0 Å². The van der Waals surface area contributed by atoms with Crippen LogP contribution in [0.3, 0.4) is 0 Å². The van der Waals surface area contributed by atoms with Crippen molar-refractivity contribution in [3.8, 4) is 5.69 Å². The summed E-state index contributed by atoms with van der Waals surface area (Å²) in [6.45, 7) is 5.85. The molecule has 1 aliphatic carbocycles. The normalized spacial score (nSPS) is 13.9. The number of amides is 1. The molecule has 7 nitrogen and oxygen atoms in total. The van der Waals surface area contributed by atoms with Crippen molar-refractivity contribution >= 4 is 29.2 Å². The van der Waals surface area contributed by atoms with E-state index in [1.807, 2.05) is 80.3 Å². The van der Waals surface area contributed by atoms with E-state index < -0.39 is 11.7 Å². The van der Waals surface area contributed by atoms with Crippen molar-refractivity contribution in [3.05, 3.63) is 77.3 Å². The van der Waals surface area contributed by atoms with Gasteiger partial charge in [-0.1, -0.05) is 23.7 Å². The van der Waals surface area contributed by atoms with Gasteiger partial charge in [-0.25, -0.2) is 9.78 Å². The van der Waals surface area contributed by atoms with Crippen LogP contribution in [-0.4, -0.2) is 30.9 Å². The van der Waals surface area contributed by atoms with Gasteiger partial charge in [-0.05, 0) is 69.4 Å². The Kier molecular flexibility index (Phi) is 5.37. The lowest BCUT2D eigenvalue weighted by Crippen LogP contribution is -2.37. The Morgan fingerprint density at radius 2 is 1.88 bits per heavy atom. The Bertz CT molecular complexity index is 1290. The highest BCUT2D eigenvalue weighted by molar-refractivity contribution is 6.29. The fraction of sp³-hybridized carbons (Fsp3) is 0.320. The van der Waals surface area contributed by atoms with Crippen LogP contribution in [0.2, 0.25) is 5.15 Å². The minimum Gasteiger partial charge on any atom is -0.443 e. The van der Waals surface area contributed by atoms with Gasteiger partial charge in [0.15, 0.2) is 5.65 Å². The molecule has 1 amide bonds. The number of fused-ring (bicyclic) bond motifs is 1. The number of aromatic nitrogens is 4. The number of carbonyl (C=O) groups is 1. The van der Waals surface area contributed by atoms with Crippen LogP contribution in [0.5, 0.6) is 0 Å². The number of hydrogen-bond donors (Lipinski definition) is 0. The minimum absolute atomic E-state index is 0.301. The number of hydrogen-bond acceptors (Lipinski definition) is 4. The third-order valence-corrected chi connectivity index (χ3v) is 5.73. The number of anilines is 1. The Hall–Kier alpha value is -3.32. The molecule has 0 bridgehead atoms. The molecule has 0 unspecified atom stereocenters. The van der Waals surface area contributed by atoms with Crippen molar-refractivity contribution in [3.63, 3.8) is 0 Å². The third-order valence-electron chi connectivity index (χ3n) is 5.54. The predicted molar refractivity (Wildman–Crippen MR) is 128 cm³/mol. The van der Waals surface area contributed by atoms with Gasteiger partial charge < -0.3 is 9.30 Å². The second-order valence-corrected chi connectivity index (χ2v) is 9.76. The average molecular weight is 464 g/mol. The van der Waals surface area contributed by atoms with Gasteiger partial charge in [-0.3, -0.25) is 4.90 Å². The second-order valence-electron chi connectivity index (χ2n) is 9.37. The van der Waals surface area contributed by atoms with E-state index in [9.17, 15) is 4.79 Å². The van der Waals surface area contributed by atoms with Crippen LogP contribution in [0.25, 0.3) is 11.3 Å². The number of ether oxygens (including phenoxy) is 1. The zero-order valence-corrected chi connectivity index (χ0v) is 19.7. The van der Waals surface area contributed by atoms with Crippen LogP contribution >= 0.6 is 11.6 Å². The van der Waals surface area contributed by atoms with Gasteiger partial charge >= 0.3 is 6.09 Å². The summed E-state index contributed by atoms with van der Waals surface area (Å²) in [5, 5.41) is 4.87. The van der Waals surface area contributed by atoms with Gasteiger partial charge in [0.05, 0.1) is 12.7 Å². The van der Waals surface area contributed by atoms with Crippen molar-refractivity contribution in [2.45, 2.75) is 51.7 Å². The first-order chi connectivity index (χ1) is 15.8. The van der Waals surface area contributed by atoms with Gasteiger partial charge in [0.2, 0.25) is 0 Å². The van der Waals surface area contributed by atoms with Crippen LogP contribution in [0.1, 0.15) is 50.7 Å². The molecule has 8 heteroatoms. The molecular weight excluding hydrogens is 438 g/mol. The van der Waals surface area contributed by atoms with Crippen LogP contribution in [-0.2, 0) is 11.3 Å². The predicted octanol–water partition coefficient (Wildman–Crippen LogP) is 5.99. The quantitative estimate of drug-likeness (QED) is 0.341. The topological polar surface area (TPSA) is 64.7 Å². The molecule has 1 aromatic carbocycles. The molecule has 0 aliphatic heterocycles. The summed E-state index contributed by atoms with van der Waals surface area (Å²) in [5.74, 6) is 0.984. The van der Waals surface area contributed by atoms with Crippen LogP contribution in [0, 0.1) is 0 Å². The maximum atomic E-state index is 13.3. The molecule has 3 heterocycles. The fourth-order valence-corrected chi connectivity index (χ4v) is 4.01. The summed E-state index contributed by atoms with van der Waals surface area (Å²) in [7, 11) is 0. The van der Waals surface area contributed by atoms with Crippen LogP contribution < -0.4 is 4.90 Å². The zero-order chi connectivity index (χ0) is 23.2. The molecule has 0 N–H and O–H groups in total. The lowest BCUT2D eigenvalue weighted by atomic mass is 10.2. The third kappa shape index (κ3) is 4.59. The summed E-state index contributed by atoms with van der Waals surface area (Å²) >= 11 is 6.41. The van der Waals surface area contributed by atoms with Crippen LogP contribution in [0.15, 0.2) is 61.1 Å². The molecule has 33 heavy (non-hydrogen) atoms. The largest absolute Gasteiger partial charge is 0.443 e. The van der Waals surface area contributed by atoms with Crippen molar-refractivity contribution < 1.29 is 9.53 Å². The van der Waals surface area contributed by atoms with Gasteiger partial charge in [0.25, 0.3) is 0 Å². The highest BCUT2D eigenvalue weighted by Crippen LogP contribution is 2.42. The van der Waals surface area contributed by atoms with Crippen LogP contribution in [0.4, 0.5) is 10.6 Å². The Balaban J connectivity index is 1.53. The molecule has 0 spiro atoms.